The van der Waals surface area contributed by atoms with Crippen molar-refractivity contribution in [1.82, 2.24) is 0 Å². The number of unbranched alkanes of at least 4 members (excludes halogenated alkanes) is 20. The average Bonchev–Trinajstić information content (AvgIpc) is 3.01. The van der Waals surface area contributed by atoms with Crippen molar-refractivity contribution in [3.8, 4) is 11.5 Å². The molecule has 2 N–H and O–H groups in total. The van der Waals surface area contributed by atoms with Gasteiger partial charge in [0.1, 0.15) is 20.8 Å². The first-order valence-electron chi connectivity index (χ1n) is 18.5. The fourth-order valence-corrected chi connectivity index (χ4v) is 7.71. The Labute approximate surface area is 328 Å². The van der Waals surface area contributed by atoms with Gasteiger partial charge >= 0.3 is 37.7 Å². The molecule has 0 unspecified atom stereocenters. The summed E-state index contributed by atoms with van der Waals surface area (Å²) in [4.78, 5) is -0.894. The summed E-state index contributed by atoms with van der Waals surface area (Å²) in [5.41, 5.74) is 0.863. The molecule has 276 valence electrons. The third kappa shape index (κ3) is 22.6. The first kappa shape index (κ1) is 48.1. The second-order valence-corrected chi connectivity index (χ2v) is 15.7. The molecular weight excluding hydrogens is 689 g/mol. The fraction of sp³-hybridized carbons (Fsp3) is 0.684. The molecule has 0 spiro atoms. The Bertz CT molecular complexity index is 1240. The van der Waals surface area contributed by atoms with E-state index in [0.717, 1.165) is 44.6 Å². The van der Waals surface area contributed by atoms with E-state index in [1.807, 2.05) is 0 Å². The molecule has 2 aromatic carbocycles. The van der Waals surface area contributed by atoms with Gasteiger partial charge in [-0.25, -0.2) is 8.42 Å². The van der Waals surface area contributed by atoms with Crippen molar-refractivity contribution in [1.29, 1.82) is 0 Å². The van der Waals surface area contributed by atoms with Gasteiger partial charge in [0, 0.05) is 4.90 Å². The van der Waals surface area contributed by atoms with Crippen molar-refractivity contribution in [2.45, 2.75) is 178 Å². The van der Waals surface area contributed by atoms with Crippen molar-refractivity contribution in [3.63, 3.8) is 0 Å². The van der Waals surface area contributed by atoms with Crippen LogP contribution in [0.5, 0.6) is 11.5 Å². The van der Waals surface area contributed by atoms with E-state index in [1.54, 1.807) is 18.2 Å². The van der Waals surface area contributed by atoms with Crippen LogP contribution in [0.15, 0.2) is 46.2 Å². The molecule has 0 bridgehead atoms. The molecule has 0 atom stereocenters. The van der Waals surface area contributed by atoms with Crippen LogP contribution in [-0.4, -0.2) is 68.8 Å². The monoisotopic (exact) mass is 750 g/mol. The summed E-state index contributed by atoms with van der Waals surface area (Å²) >= 11 is 0. The molecule has 2 aromatic rings. The smallest absolute Gasteiger partial charge is 0.872 e. The molecule has 0 aliphatic carbocycles. The Kier molecular flexibility index (Phi) is 28.2. The maximum absolute atomic E-state index is 11.6. The summed E-state index contributed by atoms with van der Waals surface area (Å²) in [7, 11) is -9.07. The minimum atomic E-state index is -4.69. The predicted molar refractivity (Wildman–Crippen MR) is 198 cm³/mol. The van der Waals surface area contributed by atoms with Crippen molar-refractivity contribution in [2.24, 2.45) is 0 Å². The molecule has 0 saturated carbocycles. The number of benzene rings is 2. The van der Waals surface area contributed by atoms with Crippen LogP contribution in [0.4, 0.5) is 0 Å². The van der Waals surface area contributed by atoms with Gasteiger partial charge in [-0.1, -0.05) is 178 Å². The maximum atomic E-state index is 11.6. The molecule has 0 aromatic heterocycles. The average molecular weight is 751 g/mol. The molecule has 0 saturated heterocycles. The van der Waals surface area contributed by atoms with Crippen molar-refractivity contribution in [3.05, 3.63) is 47.5 Å². The molecule has 0 heterocycles. The molecule has 2 rings (SSSR count). The van der Waals surface area contributed by atoms with E-state index in [9.17, 15) is 36.2 Å². The number of aromatic hydroxyl groups is 1. The molecule has 11 heteroatoms. The number of phenols is 1. The van der Waals surface area contributed by atoms with Gasteiger partial charge in [0.25, 0.3) is 10.1 Å². The van der Waals surface area contributed by atoms with E-state index in [0.29, 0.717) is 24.0 Å². The number of hydrogen-bond acceptors (Lipinski definition) is 7. The summed E-state index contributed by atoms with van der Waals surface area (Å²) in [6, 6.07) is 8.77. The Balaban J connectivity index is 0.000000922. The largest absolute Gasteiger partial charge is 2.00 e. The minimum absolute atomic E-state index is 0. The zero-order valence-electron chi connectivity index (χ0n) is 30.3. The fourth-order valence-electron chi connectivity index (χ4n) is 6.07. The summed E-state index contributed by atoms with van der Waals surface area (Å²) in [6.07, 6.45) is 27.9. The summed E-state index contributed by atoms with van der Waals surface area (Å²) in [5.74, 6) is -1.07. The van der Waals surface area contributed by atoms with E-state index >= 15 is 0 Å². The van der Waals surface area contributed by atoms with E-state index in [4.69, 9.17) is 0 Å². The van der Waals surface area contributed by atoms with Crippen LogP contribution in [0.1, 0.15) is 166 Å². The molecule has 0 aliphatic rings. The topological polar surface area (TPSA) is 155 Å². The first-order valence-corrected chi connectivity index (χ1v) is 21.3. The third-order valence-corrected chi connectivity index (χ3v) is 10.7. The zero-order chi connectivity index (χ0) is 35.7. The zero-order valence-corrected chi connectivity index (χ0v) is 34.1. The van der Waals surface area contributed by atoms with Gasteiger partial charge in [-0.15, -0.1) is 0 Å². The van der Waals surface area contributed by atoms with Gasteiger partial charge in [0.15, 0.2) is 0 Å². The molecule has 0 amide bonds. The van der Waals surface area contributed by atoms with Crippen molar-refractivity contribution >= 4 is 58.0 Å². The summed E-state index contributed by atoms with van der Waals surface area (Å²) < 4.78 is 65.6. The summed E-state index contributed by atoms with van der Waals surface area (Å²) in [5, 5.41) is 21.3. The number of hydrogen-bond donors (Lipinski definition) is 2. The second-order valence-electron chi connectivity index (χ2n) is 13.0. The minimum Gasteiger partial charge on any atom is -0.872 e. The molecule has 0 aliphatic heterocycles. The van der Waals surface area contributed by atoms with E-state index in [-0.39, 0.29) is 48.4 Å². The van der Waals surface area contributed by atoms with Gasteiger partial charge < -0.3 is 14.8 Å². The van der Waals surface area contributed by atoms with Crippen LogP contribution in [0, 0.1) is 0 Å². The number of aryl methyl sites for hydroxylation is 2. The maximum Gasteiger partial charge on any atom is 2.00 e. The van der Waals surface area contributed by atoms with Crippen molar-refractivity contribution in [2.75, 3.05) is 0 Å². The van der Waals surface area contributed by atoms with E-state index in [2.05, 4.69) is 13.8 Å². The molecule has 0 radical (unpaired) electrons. The van der Waals surface area contributed by atoms with Crippen LogP contribution in [0.3, 0.4) is 0 Å². The normalized spacial score (nSPS) is 11.5. The molecule has 0 fully saturated rings. The van der Waals surface area contributed by atoms with Crippen LogP contribution in [0.25, 0.3) is 0 Å². The Morgan fingerprint density at radius 1 is 0.531 bits per heavy atom. The van der Waals surface area contributed by atoms with E-state index in [1.165, 1.54) is 115 Å². The van der Waals surface area contributed by atoms with Gasteiger partial charge in [-0.05, 0) is 42.9 Å². The third-order valence-electron chi connectivity index (χ3n) is 8.74. The van der Waals surface area contributed by atoms with E-state index < -0.39 is 30.9 Å². The van der Waals surface area contributed by atoms with Gasteiger partial charge in [0.05, 0.1) is 0 Å². The van der Waals surface area contributed by atoms with Crippen LogP contribution in [-0.2, 0) is 33.1 Å². The number of phenolic OH excluding ortho intramolecular Hbond substituents is 1. The summed E-state index contributed by atoms with van der Waals surface area (Å²) in [6.45, 7) is 4.46. The molecule has 8 nitrogen and oxygen atoms in total. The molecular formula is C38H62CaO8S2. The van der Waals surface area contributed by atoms with Crippen LogP contribution in [0.2, 0.25) is 0 Å². The SMILES string of the molecule is CCCCCCCCCCCCCc1cccc(O)c1S(=O)(=O)O.CCCCCCCCCCCCCc1cccc([O-])c1S(=O)(=O)[O-].[Ca+2]. The van der Waals surface area contributed by atoms with Gasteiger partial charge in [-0.3, -0.25) is 4.55 Å². The first-order chi connectivity index (χ1) is 22.9. The molecule has 49 heavy (non-hydrogen) atoms. The quantitative estimate of drug-likeness (QED) is 0.0547. The standard InChI is InChI=1S/2C19H32O4S.Ca/c2*1-2-3-4-5-6-7-8-9-10-11-12-14-17-15-13-16-18(20)19(17)24(21,22)23;/h2*13,15-16,20H,2-12,14H2,1H3,(H,21,22,23);/q;;+2/p-2. The number of rotatable bonds is 26. The Hall–Kier alpha value is -0.880. The second kappa shape index (κ2) is 28.7. The Morgan fingerprint density at radius 3 is 1.20 bits per heavy atom. The van der Waals surface area contributed by atoms with Gasteiger partial charge in [-0.2, -0.15) is 8.42 Å². The van der Waals surface area contributed by atoms with Crippen molar-refractivity contribution < 1.29 is 36.2 Å². The van der Waals surface area contributed by atoms with Crippen LogP contribution >= 0.6 is 0 Å². The Morgan fingerprint density at radius 2 is 0.857 bits per heavy atom. The van der Waals surface area contributed by atoms with Crippen LogP contribution < -0.4 is 5.11 Å². The predicted octanol–water partition coefficient (Wildman–Crippen LogP) is 9.63. The van der Waals surface area contributed by atoms with Gasteiger partial charge in [0.2, 0.25) is 0 Å².